The molecule has 74 valence electrons. The van der Waals surface area contributed by atoms with E-state index in [0.717, 1.165) is 0 Å². The van der Waals surface area contributed by atoms with Crippen LogP contribution in [0.2, 0.25) is 0 Å². The third kappa shape index (κ3) is 1.41. The highest BCUT2D eigenvalue weighted by molar-refractivity contribution is 7.09. The molecular weight excluding hydrogens is 195 g/mol. The molecule has 6 heteroatoms. The molecule has 1 saturated carbocycles. The number of fused-ring (bicyclic) bond motifs is 1. The fourth-order valence-corrected chi connectivity index (χ4v) is 2.26. The molecule has 2 rings (SSSR count). The highest BCUT2D eigenvalue weighted by Gasteiger charge is 2.52. The van der Waals surface area contributed by atoms with Gasteiger partial charge in [0.2, 0.25) is 0 Å². The standard InChI is InChI=1S/C7H11O5P/c8-2-3-4(12-13)1-5-6(3)11-7(9)10-5/h3-6,8H,1-2,13H2/t3-,4+,5?,6+/m0/s1. The zero-order valence-corrected chi connectivity index (χ0v) is 8.04. The molecule has 0 aromatic rings. The van der Waals surface area contributed by atoms with Crippen LogP contribution < -0.4 is 0 Å². The highest BCUT2D eigenvalue weighted by Crippen LogP contribution is 2.37. The molecule has 1 saturated heterocycles. The number of aliphatic hydroxyl groups excluding tert-OH is 1. The van der Waals surface area contributed by atoms with Crippen LogP contribution in [0, 0.1) is 5.92 Å². The van der Waals surface area contributed by atoms with E-state index in [4.69, 9.17) is 19.1 Å². The Balaban J connectivity index is 2.09. The van der Waals surface area contributed by atoms with Crippen LogP contribution in [0.4, 0.5) is 4.79 Å². The zero-order valence-electron chi connectivity index (χ0n) is 6.88. The lowest BCUT2D eigenvalue weighted by atomic mass is 10.1. The molecule has 2 unspecified atom stereocenters. The maximum atomic E-state index is 10.7. The van der Waals surface area contributed by atoms with Gasteiger partial charge in [-0.15, -0.1) is 0 Å². The first-order valence-corrected chi connectivity index (χ1v) is 4.57. The average molecular weight is 206 g/mol. The monoisotopic (exact) mass is 206 g/mol. The summed E-state index contributed by atoms with van der Waals surface area (Å²) in [6.07, 6.45) is -0.766. The summed E-state index contributed by atoms with van der Waals surface area (Å²) in [5.41, 5.74) is 0. The van der Waals surface area contributed by atoms with Gasteiger partial charge in [0.1, 0.15) is 12.2 Å². The Morgan fingerprint density at radius 1 is 1.62 bits per heavy atom. The molecular formula is C7H11O5P. The van der Waals surface area contributed by atoms with Crippen molar-refractivity contribution in [2.45, 2.75) is 24.7 Å². The lowest BCUT2D eigenvalue weighted by Gasteiger charge is -2.17. The summed E-state index contributed by atoms with van der Waals surface area (Å²) in [6, 6.07) is 0. The number of carbonyl (C=O) groups is 1. The summed E-state index contributed by atoms with van der Waals surface area (Å²) in [5.74, 6) is -0.172. The Hall–Kier alpha value is -0.380. The SMILES string of the molecule is O=C1OC2C[C@@H](OP)[C@H](CO)[C@H]2O1. The lowest BCUT2D eigenvalue weighted by molar-refractivity contribution is 0.0402. The van der Waals surface area contributed by atoms with Crippen LogP contribution >= 0.6 is 9.47 Å². The lowest BCUT2D eigenvalue weighted by Crippen LogP contribution is -2.29. The number of ether oxygens (including phenoxy) is 2. The number of hydrogen-bond acceptors (Lipinski definition) is 5. The molecule has 1 N–H and O–H groups in total. The Labute approximate surface area is 77.6 Å². The van der Waals surface area contributed by atoms with Gasteiger partial charge in [-0.1, -0.05) is 0 Å². The zero-order chi connectivity index (χ0) is 9.42. The van der Waals surface area contributed by atoms with Gasteiger partial charge < -0.3 is 19.1 Å². The molecule has 13 heavy (non-hydrogen) atoms. The van der Waals surface area contributed by atoms with Gasteiger partial charge in [0, 0.05) is 21.8 Å². The van der Waals surface area contributed by atoms with Gasteiger partial charge in [-0.05, 0) is 0 Å². The van der Waals surface area contributed by atoms with Crippen molar-refractivity contribution in [2.75, 3.05) is 6.61 Å². The molecule has 0 radical (unpaired) electrons. The second kappa shape index (κ2) is 3.40. The molecule has 1 heterocycles. The molecule has 5 nitrogen and oxygen atoms in total. The third-order valence-corrected chi connectivity index (χ3v) is 2.95. The van der Waals surface area contributed by atoms with Gasteiger partial charge in [0.05, 0.1) is 12.7 Å². The van der Waals surface area contributed by atoms with Gasteiger partial charge in [-0.3, -0.25) is 0 Å². The molecule has 5 atom stereocenters. The first-order valence-electron chi connectivity index (χ1n) is 4.10. The van der Waals surface area contributed by atoms with Crippen molar-refractivity contribution in [1.29, 1.82) is 0 Å². The summed E-state index contributed by atoms with van der Waals surface area (Å²) >= 11 is 0. The van der Waals surface area contributed by atoms with Gasteiger partial charge in [-0.25, -0.2) is 4.79 Å². The van der Waals surface area contributed by atoms with Crippen molar-refractivity contribution in [1.82, 2.24) is 0 Å². The van der Waals surface area contributed by atoms with E-state index in [2.05, 4.69) is 9.47 Å². The van der Waals surface area contributed by atoms with Crippen LogP contribution in [0.5, 0.6) is 0 Å². The Kier molecular flexibility index (Phi) is 2.41. The Bertz CT molecular complexity index is 221. The predicted molar refractivity (Wildman–Crippen MR) is 44.9 cm³/mol. The van der Waals surface area contributed by atoms with E-state index in [0.29, 0.717) is 6.42 Å². The van der Waals surface area contributed by atoms with Crippen molar-refractivity contribution < 1.29 is 23.9 Å². The van der Waals surface area contributed by atoms with Crippen molar-refractivity contribution in [3.05, 3.63) is 0 Å². The average Bonchev–Trinajstić information content (AvgIpc) is 2.59. The molecule has 0 aromatic heterocycles. The van der Waals surface area contributed by atoms with E-state index in [1.54, 1.807) is 0 Å². The molecule has 1 aliphatic heterocycles. The Morgan fingerprint density at radius 3 is 3.00 bits per heavy atom. The number of aliphatic hydroxyl groups is 1. The van der Waals surface area contributed by atoms with Crippen LogP contribution in [-0.2, 0) is 14.0 Å². The van der Waals surface area contributed by atoms with Crippen LogP contribution in [0.15, 0.2) is 0 Å². The number of rotatable bonds is 2. The Morgan fingerprint density at radius 2 is 2.38 bits per heavy atom. The number of carbonyl (C=O) groups excluding carboxylic acids is 1. The van der Waals surface area contributed by atoms with E-state index >= 15 is 0 Å². The van der Waals surface area contributed by atoms with Crippen molar-refractivity contribution in [3.63, 3.8) is 0 Å². The smallest absolute Gasteiger partial charge is 0.427 e. The minimum absolute atomic E-state index is 0.0587. The van der Waals surface area contributed by atoms with Gasteiger partial charge >= 0.3 is 6.16 Å². The van der Waals surface area contributed by atoms with Crippen molar-refractivity contribution in [3.8, 4) is 0 Å². The second-order valence-corrected chi connectivity index (χ2v) is 3.52. The topological polar surface area (TPSA) is 65.0 Å². The third-order valence-electron chi connectivity index (χ3n) is 2.60. The quantitative estimate of drug-likeness (QED) is 0.512. The van der Waals surface area contributed by atoms with Crippen LogP contribution in [0.25, 0.3) is 0 Å². The first-order chi connectivity index (χ1) is 6.26. The van der Waals surface area contributed by atoms with Gasteiger partial charge in [-0.2, -0.15) is 0 Å². The minimum atomic E-state index is -0.643. The van der Waals surface area contributed by atoms with Crippen LogP contribution in [0.1, 0.15) is 6.42 Å². The van der Waals surface area contributed by atoms with Gasteiger partial charge in [0.15, 0.2) is 0 Å². The normalized spacial score (nSPS) is 42.8. The molecule has 2 fully saturated rings. The largest absolute Gasteiger partial charge is 0.509 e. The van der Waals surface area contributed by atoms with Gasteiger partial charge in [0.25, 0.3) is 0 Å². The van der Waals surface area contributed by atoms with E-state index < -0.39 is 6.16 Å². The van der Waals surface area contributed by atoms with E-state index in [1.165, 1.54) is 0 Å². The van der Waals surface area contributed by atoms with Crippen molar-refractivity contribution >= 4 is 15.6 Å². The molecule has 0 spiro atoms. The molecule has 0 bridgehead atoms. The van der Waals surface area contributed by atoms with Crippen molar-refractivity contribution in [2.24, 2.45) is 5.92 Å². The van der Waals surface area contributed by atoms with Crippen LogP contribution in [0.3, 0.4) is 0 Å². The maximum Gasteiger partial charge on any atom is 0.509 e. The minimum Gasteiger partial charge on any atom is -0.427 e. The molecule has 0 amide bonds. The summed E-state index contributed by atoms with van der Waals surface area (Å²) in [5, 5.41) is 9.06. The van der Waals surface area contributed by atoms with E-state index in [9.17, 15) is 4.79 Å². The molecule has 1 aliphatic carbocycles. The maximum absolute atomic E-state index is 10.7. The highest BCUT2D eigenvalue weighted by atomic mass is 31.0. The summed E-state index contributed by atoms with van der Waals surface area (Å²) in [6.45, 7) is -0.0587. The molecule has 0 aromatic carbocycles. The number of hydrogen-bond donors (Lipinski definition) is 1. The fraction of sp³-hybridized carbons (Fsp3) is 0.857. The summed E-state index contributed by atoms with van der Waals surface area (Å²) in [7, 11) is 2.15. The summed E-state index contributed by atoms with van der Waals surface area (Å²) < 4.78 is 14.9. The fourth-order valence-electron chi connectivity index (χ4n) is 1.94. The molecule has 2 aliphatic rings. The van der Waals surface area contributed by atoms with E-state index in [1.807, 2.05) is 0 Å². The first kappa shape index (κ1) is 9.19. The predicted octanol–water partition coefficient (Wildman–Crippen LogP) is 0.0779. The van der Waals surface area contributed by atoms with Crippen LogP contribution in [-0.4, -0.2) is 36.2 Å². The van der Waals surface area contributed by atoms with E-state index in [-0.39, 0.29) is 30.8 Å². The summed E-state index contributed by atoms with van der Waals surface area (Å²) in [4.78, 5) is 10.7. The second-order valence-electron chi connectivity index (χ2n) is 3.25.